The van der Waals surface area contributed by atoms with Gasteiger partial charge in [-0.1, -0.05) is 24.2 Å². The second kappa shape index (κ2) is 12.3. The molecule has 0 aromatic heterocycles. The van der Waals surface area contributed by atoms with E-state index >= 15 is 0 Å². The topological polar surface area (TPSA) is 49.3 Å². The summed E-state index contributed by atoms with van der Waals surface area (Å²) in [5.41, 5.74) is 4.20. The Balaban J connectivity index is 1.60. The molecule has 1 aliphatic carbocycles. The molecule has 0 amide bonds. The van der Waals surface area contributed by atoms with Crippen molar-refractivity contribution in [2.75, 3.05) is 13.7 Å². The summed E-state index contributed by atoms with van der Waals surface area (Å²) in [4.78, 5) is 4.94. The van der Waals surface area contributed by atoms with E-state index < -0.39 is 0 Å². The number of aryl methyl sites for hydroxylation is 2. The first-order chi connectivity index (χ1) is 16.0. The summed E-state index contributed by atoms with van der Waals surface area (Å²) in [5, 5.41) is 4.09. The summed E-state index contributed by atoms with van der Waals surface area (Å²) in [6.45, 7) is 8.81. The third-order valence-electron chi connectivity index (χ3n) is 5.90. The van der Waals surface area contributed by atoms with Crippen molar-refractivity contribution in [1.29, 1.82) is 0 Å². The summed E-state index contributed by atoms with van der Waals surface area (Å²) in [6.07, 6.45) is 9.17. The fourth-order valence-corrected chi connectivity index (χ4v) is 4.25. The molecule has 2 unspecified atom stereocenters. The molecular weight excluding hydrogens is 414 g/mol. The monoisotopic (exact) mass is 451 g/mol. The summed E-state index contributed by atoms with van der Waals surface area (Å²) in [7, 11) is 1.57. The molecule has 0 radical (unpaired) electrons. The van der Waals surface area contributed by atoms with Gasteiger partial charge in [0.2, 0.25) is 0 Å². The van der Waals surface area contributed by atoms with Gasteiger partial charge >= 0.3 is 0 Å². The second-order valence-electron chi connectivity index (χ2n) is 8.51. The van der Waals surface area contributed by atoms with Gasteiger partial charge in [0, 0.05) is 6.42 Å². The largest absolute Gasteiger partial charge is 0.490 e. The van der Waals surface area contributed by atoms with Crippen LogP contribution < -0.4 is 14.2 Å². The van der Waals surface area contributed by atoms with Crippen molar-refractivity contribution in [3.63, 3.8) is 0 Å². The maximum Gasteiger partial charge on any atom is 0.125 e. The number of benzene rings is 2. The molecule has 2 aromatic carbocycles. The zero-order valence-corrected chi connectivity index (χ0v) is 20.6. The molecule has 0 bridgehead atoms. The Bertz CT molecular complexity index is 926. The van der Waals surface area contributed by atoms with Crippen LogP contribution in [0, 0.1) is 13.8 Å². The zero-order chi connectivity index (χ0) is 23.6. The van der Waals surface area contributed by atoms with Crippen LogP contribution in [-0.4, -0.2) is 31.6 Å². The Morgan fingerprint density at radius 2 is 1.67 bits per heavy atom. The van der Waals surface area contributed by atoms with E-state index in [-0.39, 0.29) is 12.2 Å². The van der Waals surface area contributed by atoms with Gasteiger partial charge in [-0.2, -0.15) is 0 Å². The van der Waals surface area contributed by atoms with Crippen molar-refractivity contribution in [3.8, 4) is 17.2 Å². The average molecular weight is 452 g/mol. The molecule has 0 saturated heterocycles. The summed E-state index contributed by atoms with van der Waals surface area (Å²) in [6, 6.07) is 12.2. The van der Waals surface area contributed by atoms with Gasteiger partial charge in [0.05, 0.1) is 5.71 Å². The number of allylic oxidation sites excluding steroid dienone is 1. The van der Waals surface area contributed by atoms with Crippen LogP contribution in [0.25, 0.3) is 0 Å². The molecule has 1 saturated carbocycles. The van der Waals surface area contributed by atoms with Gasteiger partial charge in [0.1, 0.15) is 43.2 Å². The Hall–Kier alpha value is -2.95. The van der Waals surface area contributed by atoms with E-state index in [0.717, 1.165) is 71.8 Å². The lowest BCUT2D eigenvalue weighted by Crippen LogP contribution is -2.32. The number of nitrogens with zero attached hydrogens (tertiary/aromatic N) is 1. The summed E-state index contributed by atoms with van der Waals surface area (Å²) >= 11 is 0. The SMILES string of the molecule is C/C=C/COc1cc(C)c(OC2CCCC(Oc3ccc(/C(CC)=N\OC)cc3)C2)c(C)c1. The fraction of sp³-hybridized carbons (Fsp3) is 0.464. The second-order valence-corrected chi connectivity index (χ2v) is 8.51. The van der Waals surface area contributed by atoms with Gasteiger partial charge in [-0.15, -0.1) is 0 Å². The Kier molecular flexibility index (Phi) is 9.23. The number of rotatable bonds is 10. The van der Waals surface area contributed by atoms with E-state index in [1.807, 2.05) is 43.3 Å². The van der Waals surface area contributed by atoms with Crippen LogP contribution in [0.15, 0.2) is 53.7 Å². The van der Waals surface area contributed by atoms with Gasteiger partial charge in [0.15, 0.2) is 0 Å². The third-order valence-corrected chi connectivity index (χ3v) is 5.90. The zero-order valence-electron chi connectivity index (χ0n) is 20.6. The predicted molar refractivity (Wildman–Crippen MR) is 134 cm³/mol. The lowest BCUT2D eigenvalue weighted by Gasteiger charge is -2.31. The molecule has 1 aliphatic rings. The van der Waals surface area contributed by atoms with Crippen LogP contribution in [0.3, 0.4) is 0 Å². The Labute approximate surface area is 198 Å². The van der Waals surface area contributed by atoms with E-state index in [2.05, 4.69) is 38.1 Å². The highest BCUT2D eigenvalue weighted by atomic mass is 16.6. The van der Waals surface area contributed by atoms with Crippen molar-refractivity contribution in [2.45, 2.75) is 72.0 Å². The maximum atomic E-state index is 6.48. The van der Waals surface area contributed by atoms with Gasteiger partial charge in [0.25, 0.3) is 0 Å². The highest BCUT2D eigenvalue weighted by molar-refractivity contribution is 6.00. The molecule has 2 aromatic rings. The first-order valence-corrected chi connectivity index (χ1v) is 11.9. The van der Waals surface area contributed by atoms with Crippen molar-refractivity contribution < 1.29 is 19.0 Å². The molecular formula is C28H37NO4. The van der Waals surface area contributed by atoms with Crippen LogP contribution >= 0.6 is 0 Å². The summed E-state index contributed by atoms with van der Waals surface area (Å²) < 4.78 is 18.6. The van der Waals surface area contributed by atoms with E-state index in [4.69, 9.17) is 19.0 Å². The van der Waals surface area contributed by atoms with Gasteiger partial charge in [-0.3, -0.25) is 0 Å². The Morgan fingerprint density at radius 3 is 2.27 bits per heavy atom. The lowest BCUT2D eigenvalue weighted by molar-refractivity contribution is 0.0672. The van der Waals surface area contributed by atoms with Crippen LogP contribution in [0.5, 0.6) is 17.2 Å². The highest BCUT2D eigenvalue weighted by Crippen LogP contribution is 2.33. The first-order valence-electron chi connectivity index (χ1n) is 11.9. The first kappa shape index (κ1) is 24.7. The molecule has 0 spiro atoms. The van der Waals surface area contributed by atoms with Gasteiger partial charge in [-0.25, -0.2) is 0 Å². The molecule has 3 rings (SSSR count). The van der Waals surface area contributed by atoms with Gasteiger partial charge < -0.3 is 19.0 Å². The van der Waals surface area contributed by atoms with Crippen LogP contribution in [0.4, 0.5) is 0 Å². The smallest absolute Gasteiger partial charge is 0.125 e. The molecule has 0 heterocycles. The van der Waals surface area contributed by atoms with Crippen LogP contribution in [-0.2, 0) is 4.84 Å². The average Bonchev–Trinajstić information content (AvgIpc) is 2.81. The highest BCUT2D eigenvalue weighted by Gasteiger charge is 2.26. The van der Waals surface area contributed by atoms with E-state index in [1.165, 1.54) is 0 Å². The van der Waals surface area contributed by atoms with Crippen LogP contribution in [0.1, 0.15) is 62.6 Å². The Morgan fingerprint density at radius 1 is 1.00 bits per heavy atom. The maximum absolute atomic E-state index is 6.48. The minimum Gasteiger partial charge on any atom is -0.490 e. The molecule has 2 atom stereocenters. The third kappa shape index (κ3) is 7.01. The standard InChI is InChI=1S/C28H37NO4/c1-6-8-16-31-26-17-20(3)28(21(4)18-26)33-25-11-9-10-24(19-25)32-23-14-12-22(13-15-23)27(7-2)29-30-5/h6,8,12-15,17-18,24-25H,7,9-11,16,19H2,1-5H3/b8-6+,29-27-. The molecule has 0 N–H and O–H groups in total. The minimum atomic E-state index is 0.149. The van der Waals surface area contributed by atoms with Crippen molar-refractivity contribution in [3.05, 3.63) is 65.2 Å². The lowest BCUT2D eigenvalue weighted by atomic mass is 9.94. The number of hydrogen-bond donors (Lipinski definition) is 0. The molecule has 1 fully saturated rings. The molecule has 5 heteroatoms. The van der Waals surface area contributed by atoms with E-state index in [0.29, 0.717) is 6.61 Å². The molecule has 33 heavy (non-hydrogen) atoms. The number of oxime groups is 1. The molecule has 0 aliphatic heterocycles. The minimum absolute atomic E-state index is 0.149. The number of ether oxygens (including phenoxy) is 3. The van der Waals surface area contributed by atoms with Crippen molar-refractivity contribution in [1.82, 2.24) is 0 Å². The normalized spacial score (nSPS) is 18.9. The van der Waals surface area contributed by atoms with Crippen LogP contribution in [0.2, 0.25) is 0 Å². The fourth-order valence-electron chi connectivity index (χ4n) is 4.25. The van der Waals surface area contributed by atoms with E-state index in [1.54, 1.807) is 7.11 Å². The van der Waals surface area contributed by atoms with Crippen molar-refractivity contribution >= 4 is 5.71 Å². The van der Waals surface area contributed by atoms with E-state index in [9.17, 15) is 0 Å². The molecule has 178 valence electrons. The quantitative estimate of drug-likeness (QED) is 0.227. The number of hydrogen-bond acceptors (Lipinski definition) is 5. The van der Waals surface area contributed by atoms with Crippen molar-refractivity contribution in [2.24, 2.45) is 5.16 Å². The van der Waals surface area contributed by atoms with Gasteiger partial charge in [-0.05, 0) is 99.5 Å². The molecule has 5 nitrogen and oxygen atoms in total. The summed E-state index contributed by atoms with van der Waals surface area (Å²) in [5.74, 6) is 2.73. The predicted octanol–water partition coefficient (Wildman–Crippen LogP) is 6.79.